The van der Waals surface area contributed by atoms with Crippen LogP contribution in [0.1, 0.15) is 31.1 Å². The Hall–Kier alpha value is -1.99. The number of amides is 2. The van der Waals surface area contributed by atoms with Gasteiger partial charge in [0.05, 0.1) is 36.9 Å². The highest BCUT2D eigenvalue weighted by Crippen LogP contribution is 2.45. The van der Waals surface area contributed by atoms with Crippen LogP contribution in [0.5, 0.6) is 5.75 Å². The molecule has 128 valence electrons. The van der Waals surface area contributed by atoms with Gasteiger partial charge in [-0.1, -0.05) is 46.4 Å². The molecule has 0 radical (unpaired) electrons. The molecule has 0 aromatic heterocycles. The third-order valence-corrected chi connectivity index (χ3v) is 5.37. The second-order valence-corrected chi connectivity index (χ2v) is 6.47. The molecular weight excluding hydrogens is 416 g/mol. The third-order valence-electron chi connectivity index (χ3n) is 3.57. The lowest BCUT2D eigenvalue weighted by Crippen LogP contribution is -2.29. The first-order valence-electron chi connectivity index (χ1n) is 6.47. The minimum absolute atomic E-state index is 0.0620. The minimum Gasteiger partial charge on any atom is -0.507 e. The summed E-state index contributed by atoms with van der Waals surface area (Å²) >= 11 is 23.9. The maximum Gasteiger partial charge on any atom is 0.339 e. The number of hydrogen-bond acceptors (Lipinski definition) is 4. The van der Waals surface area contributed by atoms with E-state index < -0.39 is 23.5 Å². The van der Waals surface area contributed by atoms with Crippen molar-refractivity contribution < 1.29 is 24.6 Å². The number of carbonyl (C=O) groups excluding carboxylic acids is 2. The molecule has 0 fully saturated rings. The number of hydrogen-bond donors (Lipinski definition) is 2. The van der Waals surface area contributed by atoms with Gasteiger partial charge in [-0.3, -0.25) is 9.59 Å². The number of anilines is 1. The SMILES string of the molecule is O=C(O)c1ccc(N2C(=O)c3c(Cl)c(Cl)c(Cl)c(Cl)c3C2=O)cc1O. The van der Waals surface area contributed by atoms with Crippen LogP contribution in [0, 0.1) is 0 Å². The summed E-state index contributed by atoms with van der Waals surface area (Å²) in [6.07, 6.45) is 0. The molecule has 25 heavy (non-hydrogen) atoms. The number of phenols is 1. The van der Waals surface area contributed by atoms with E-state index in [2.05, 4.69) is 0 Å². The van der Waals surface area contributed by atoms with Crippen LogP contribution in [0.3, 0.4) is 0 Å². The first-order chi connectivity index (χ1) is 11.7. The molecule has 1 aliphatic heterocycles. The van der Waals surface area contributed by atoms with Gasteiger partial charge in [0, 0.05) is 6.07 Å². The molecule has 3 rings (SSSR count). The van der Waals surface area contributed by atoms with Crippen molar-refractivity contribution in [3.8, 4) is 5.75 Å². The molecule has 0 aliphatic carbocycles. The first-order valence-corrected chi connectivity index (χ1v) is 7.99. The molecule has 10 heteroatoms. The normalized spacial score (nSPS) is 13.4. The third kappa shape index (κ3) is 2.53. The fourth-order valence-electron chi connectivity index (χ4n) is 2.42. The number of carbonyl (C=O) groups is 3. The maximum absolute atomic E-state index is 12.6. The van der Waals surface area contributed by atoms with Gasteiger partial charge >= 0.3 is 5.97 Å². The van der Waals surface area contributed by atoms with E-state index >= 15 is 0 Å². The average molecular weight is 421 g/mol. The Kier molecular flexibility index (Phi) is 4.33. The summed E-state index contributed by atoms with van der Waals surface area (Å²) in [5.74, 6) is -3.63. The summed E-state index contributed by atoms with van der Waals surface area (Å²) in [4.78, 5) is 36.9. The van der Waals surface area contributed by atoms with Crippen LogP contribution < -0.4 is 4.90 Å². The summed E-state index contributed by atoms with van der Waals surface area (Å²) in [7, 11) is 0. The Morgan fingerprint density at radius 1 is 0.880 bits per heavy atom. The minimum atomic E-state index is -1.36. The summed E-state index contributed by atoms with van der Waals surface area (Å²) in [6, 6.07) is 3.21. The van der Waals surface area contributed by atoms with Gasteiger partial charge in [-0.05, 0) is 12.1 Å². The van der Waals surface area contributed by atoms with Crippen molar-refractivity contribution in [1.82, 2.24) is 0 Å². The number of imide groups is 1. The largest absolute Gasteiger partial charge is 0.507 e. The number of carboxylic acids is 1. The van der Waals surface area contributed by atoms with Crippen LogP contribution >= 0.6 is 46.4 Å². The summed E-state index contributed by atoms with van der Waals surface area (Å²) in [5.41, 5.74) is -0.878. The van der Waals surface area contributed by atoms with Crippen molar-refractivity contribution in [3.05, 3.63) is 55.0 Å². The molecule has 0 saturated carbocycles. The van der Waals surface area contributed by atoms with Crippen molar-refractivity contribution in [1.29, 1.82) is 0 Å². The smallest absolute Gasteiger partial charge is 0.339 e. The summed E-state index contributed by atoms with van der Waals surface area (Å²) < 4.78 is 0. The number of carboxylic acid groups (broad SMARTS) is 1. The highest BCUT2D eigenvalue weighted by atomic mass is 35.5. The predicted molar refractivity (Wildman–Crippen MR) is 92.7 cm³/mol. The van der Waals surface area contributed by atoms with Gasteiger partial charge in [-0.25, -0.2) is 9.69 Å². The lowest BCUT2D eigenvalue weighted by molar-refractivity contribution is 0.0693. The number of benzene rings is 2. The van der Waals surface area contributed by atoms with Gasteiger partial charge in [0.2, 0.25) is 0 Å². The molecule has 0 spiro atoms. The lowest BCUT2D eigenvalue weighted by atomic mass is 10.1. The monoisotopic (exact) mass is 419 g/mol. The van der Waals surface area contributed by atoms with Crippen LogP contribution in [0.15, 0.2) is 18.2 Å². The van der Waals surface area contributed by atoms with E-state index in [4.69, 9.17) is 51.5 Å². The van der Waals surface area contributed by atoms with Crippen LogP contribution in [0.2, 0.25) is 20.1 Å². The van der Waals surface area contributed by atoms with Crippen LogP contribution in [0.4, 0.5) is 5.69 Å². The fourth-order valence-corrected chi connectivity index (χ4v) is 3.44. The molecule has 0 unspecified atom stereocenters. The molecule has 0 atom stereocenters. The van der Waals surface area contributed by atoms with Crippen molar-refractivity contribution in [2.75, 3.05) is 4.90 Å². The topological polar surface area (TPSA) is 94.9 Å². The summed E-state index contributed by atoms with van der Waals surface area (Å²) in [5, 5.41) is 17.9. The van der Waals surface area contributed by atoms with E-state index in [1.807, 2.05) is 0 Å². The van der Waals surface area contributed by atoms with Crippen LogP contribution in [-0.4, -0.2) is 28.0 Å². The molecular formula is C15H5Cl4NO5. The zero-order chi connectivity index (χ0) is 18.6. The molecule has 2 aromatic carbocycles. The second-order valence-electron chi connectivity index (χ2n) is 4.96. The molecule has 2 aromatic rings. The van der Waals surface area contributed by atoms with Crippen LogP contribution in [-0.2, 0) is 0 Å². The molecule has 0 bridgehead atoms. The van der Waals surface area contributed by atoms with E-state index in [-0.39, 0.29) is 42.5 Å². The number of aromatic hydroxyl groups is 1. The van der Waals surface area contributed by atoms with Crippen LogP contribution in [0.25, 0.3) is 0 Å². The average Bonchev–Trinajstić information content (AvgIpc) is 2.81. The predicted octanol–water partition coefficient (Wildman–Crippen LogP) is 4.50. The molecule has 1 heterocycles. The van der Waals surface area contributed by atoms with Crippen molar-refractivity contribution in [2.45, 2.75) is 0 Å². The Labute approximate surface area is 160 Å². The van der Waals surface area contributed by atoms with E-state index in [0.29, 0.717) is 4.90 Å². The van der Waals surface area contributed by atoms with Crippen molar-refractivity contribution in [3.63, 3.8) is 0 Å². The molecule has 6 nitrogen and oxygen atoms in total. The number of nitrogens with zero attached hydrogens (tertiary/aromatic N) is 1. The highest BCUT2D eigenvalue weighted by Gasteiger charge is 2.42. The Bertz CT molecular complexity index is 942. The highest BCUT2D eigenvalue weighted by molar-refractivity contribution is 6.56. The molecule has 1 aliphatic rings. The zero-order valence-electron chi connectivity index (χ0n) is 11.8. The number of aromatic carboxylic acids is 1. The number of halogens is 4. The van der Waals surface area contributed by atoms with Gasteiger partial charge in [0.1, 0.15) is 11.3 Å². The zero-order valence-corrected chi connectivity index (χ0v) is 14.8. The van der Waals surface area contributed by atoms with Gasteiger partial charge in [0.15, 0.2) is 0 Å². The standard InChI is InChI=1S/C15H5Cl4NO5/c16-9-7-8(10(17)12(19)11(9)18)14(23)20(13(7)22)4-1-2-5(15(24)25)6(21)3-4/h1-3,21H,(H,24,25). The Morgan fingerprint density at radius 3 is 1.76 bits per heavy atom. The van der Waals surface area contributed by atoms with Gasteiger partial charge in [-0.15, -0.1) is 0 Å². The molecule has 2 amide bonds. The number of rotatable bonds is 2. The van der Waals surface area contributed by atoms with E-state index in [1.165, 1.54) is 6.07 Å². The molecule has 0 saturated heterocycles. The maximum atomic E-state index is 12.6. The molecule has 2 N–H and O–H groups in total. The van der Waals surface area contributed by atoms with Gasteiger partial charge < -0.3 is 10.2 Å². The van der Waals surface area contributed by atoms with Crippen molar-refractivity contribution >= 4 is 69.9 Å². The summed E-state index contributed by atoms with van der Waals surface area (Å²) in [6.45, 7) is 0. The Balaban J connectivity index is 2.19. The fraction of sp³-hybridized carbons (Fsp3) is 0. The lowest BCUT2D eigenvalue weighted by Gasteiger charge is -2.14. The van der Waals surface area contributed by atoms with E-state index in [0.717, 1.165) is 12.1 Å². The Morgan fingerprint density at radius 2 is 1.36 bits per heavy atom. The van der Waals surface area contributed by atoms with Gasteiger partial charge in [0.25, 0.3) is 11.8 Å². The first kappa shape index (κ1) is 17.8. The van der Waals surface area contributed by atoms with Crippen molar-refractivity contribution in [2.24, 2.45) is 0 Å². The van der Waals surface area contributed by atoms with Gasteiger partial charge in [-0.2, -0.15) is 0 Å². The second kappa shape index (κ2) is 6.07. The van der Waals surface area contributed by atoms with E-state index in [1.54, 1.807) is 0 Å². The number of fused-ring (bicyclic) bond motifs is 1. The quantitative estimate of drug-likeness (QED) is 0.423. The van der Waals surface area contributed by atoms with E-state index in [9.17, 15) is 19.5 Å².